The molecule has 3 amide bonds. The monoisotopic (exact) mass is 185 g/mol. The van der Waals surface area contributed by atoms with Gasteiger partial charge in [-0.2, -0.15) is 0 Å². The standard InChI is InChI=1S/C8H15N3O2/c1-9-8(13)11(2)6-4-3-5-10-7(6)12/h6H,3-5H2,1-2H3,(H,9,13)(H,10,12). The zero-order chi connectivity index (χ0) is 9.84. The highest BCUT2D eigenvalue weighted by Crippen LogP contribution is 2.09. The van der Waals surface area contributed by atoms with Crippen molar-refractivity contribution in [2.24, 2.45) is 0 Å². The predicted molar refractivity (Wildman–Crippen MR) is 48.3 cm³/mol. The van der Waals surface area contributed by atoms with E-state index >= 15 is 0 Å². The van der Waals surface area contributed by atoms with Crippen molar-refractivity contribution in [1.29, 1.82) is 0 Å². The third-order valence-electron chi connectivity index (χ3n) is 2.26. The molecule has 74 valence electrons. The quantitative estimate of drug-likeness (QED) is 0.580. The smallest absolute Gasteiger partial charge is 0.317 e. The molecule has 1 fully saturated rings. The number of nitrogens with zero attached hydrogens (tertiary/aromatic N) is 1. The van der Waals surface area contributed by atoms with Crippen molar-refractivity contribution in [3.05, 3.63) is 0 Å². The number of likely N-dealkylation sites (N-methyl/N-ethyl adjacent to an activating group) is 1. The van der Waals surface area contributed by atoms with E-state index < -0.39 is 0 Å². The molecule has 0 radical (unpaired) electrons. The zero-order valence-electron chi connectivity index (χ0n) is 7.96. The van der Waals surface area contributed by atoms with E-state index in [0.29, 0.717) is 0 Å². The van der Waals surface area contributed by atoms with E-state index in [1.807, 2.05) is 0 Å². The van der Waals surface area contributed by atoms with Crippen LogP contribution >= 0.6 is 0 Å². The molecule has 5 heteroatoms. The maximum absolute atomic E-state index is 11.3. The first-order valence-corrected chi connectivity index (χ1v) is 4.39. The first-order chi connectivity index (χ1) is 6.16. The molecule has 0 saturated carbocycles. The van der Waals surface area contributed by atoms with Gasteiger partial charge in [0.15, 0.2) is 0 Å². The number of urea groups is 1. The second kappa shape index (κ2) is 4.11. The van der Waals surface area contributed by atoms with Crippen LogP contribution in [-0.4, -0.2) is 43.5 Å². The van der Waals surface area contributed by atoms with Gasteiger partial charge in [-0.15, -0.1) is 0 Å². The Labute approximate surface area is 77.5 Å². The molecule has 13 heavy (non-hydrogen) atoms. The lowest BCUT2D eigenvalue weighted by Crippen LogP contribution is -2.52. The lowest BCUT2D eigenvalue weighted by Gasteiger charge is -2.29. The third-order valence-corrected chi connectivity index (χ3v) is 2.26. The van der Waals surface area contributed by atoms with E-state index in [-0.39, 0.29) is 18.0 Å². The van der Waals surface area contributed by atoms with E-state index in [1.54, 1.807) is 14.1 Å². The Morgan fingerprint density at radius 1 is 1.69 bits per heavy atom. The number of piperidine rings is 1. The average molecular weight is 185 g/mol. The SMILES string of the molecule is CNC(=O)N(C)C1CCCNC1=O. The molecular weight excluding hydrogens is 170 g/mol. The molecule has 1 saturated heterocycles. The maximum Gasteiger partial charge on any atom is 0.317 e. The van der Waals surface area contributed by atoms with Gasteiger partial charge in [-0.1, -0.05) is 0 Å². The fourth-order valence-electron chi connectivity index (χ4n) is 1.44. The lowest BCUT2D eigenvalue weighted by molar-refractivity contribution is -0.126. The summed E-state index contributed by atoms with van der Waals surface area (Å²) in [7, 11) is 3.19. The van der Waals surface area contributed by atoms with Crippen LogP contribution < -0.4 is 10.6 Å². The molecule has 1 aliphatic rings. The highest BCUT2D eigenvalue weighted by Gasteiger charge is 2.28. The van der Waals surface area contributed by atoms with Gasteiger partial charge in [-0.25, -0.2) is 4.79 Å². The Balaban J connectivity index is 2.58. The van der Waals surface area contributed by atoms with Crippen LogP contribution in [0.2, 0.25) is 0 Å². The Bertz CT molecular complexity index is 217. The molecule has 5 nitrogen and oxygen atoms in total. The minimum atomic E-state index is -0.311. The molecular formula is C8H15N3O2. The fraction of sp³-hybridized carbons (Fsp3) is 0.750. The predicted octanol–water partition coefficient (Wildman–Crippen LogP) is -0.464. The summed E-state index contributed by atoms with van der Waals surface area (Å²) < 4.78 is 0. The first kappa shape index (κ1) is 9.83. The molecule has 1 rings (SSSR count). The van der Waals surface area contributed by atoms with Crippen LogP contribution in [0.5, 0.6) is 0 Å². The fourth-order valence-corrected chi connectivity index (χ4v) is 1.44. The van der Waals surface area contributed by atoms with Gasteiger partial charge in [0.2, 0.25) is 5.91 Å². The molecule has 1 unspecified atom stereocenters. The van der Waals surface area contributed by atoms with Gasteiger partial charge in [-0.05, 0) is 12.8 Å². The Hall–Kier alpha value is -1.26. The summed E-state index contributed by atoms with van der Waals surface area (Å²) in [5.41, 5.74) is 0. The van der Waals surface area contributed by atoms with Crippen molar-refractivity contribution < 1.29 is 9.59 Å². The van der Waals surface area contributed by atoms with Crippen molar-refractivity contribution in [3.8, 4) is 0 Å². The number of rotatable bonds is 1. The van der Waals surface area contributed by atoms with E-state index in [0.717, 1.165) is 19.4 Å². The summed E-state index contributed by atoms with van der Waals surface area (Å²) >= 11 is 0. The largest absolute Gasteiger partial charge is 0.354 e. The van der Waals surface area contributed by atoms with E-state index in [9.17, 15) is 9.59 Å². The van der Waals surface area contributed by atoms with Crippen molar-refractivity contribution in [2.45, 2.75) is 18.9 Å². The molecule has 1 aliphatic heterocycles. The number of carbonyl (C=O) groups excluding carboxylic acids is 2. The van der Waals surface area contributed by atoms with Gasteiger partial charge in [-0.3, -0.25) is 4.79 Å². The van der Waals surface area contributed by atoms with Gasteiger partial charge in [0.05, 0.1) is 0 Å². The van der Waals surface area contributed by atoms with Crippen molar-refractivity contribution in [1.82, 2.24) is 15.5 Å². The second-order valence-corrected chi connectivity index (χ2v) is 3.12. The molecule has 0 aromatic heterocycles. The summed E-state index contributed by atoms with van der Waals surface area (Å²) in [6.07, 6.45) is 1.67. The van der Waals surface area contributed by atoms with Crippen LogP contribution in [0.3, 0.4) is 0 Å². The Kier molecular flexibility index (Phi) is 3.11. The van der Waals surface area contributed by atoms with Gasteiger partial charge < -0.3 is 15.5 Å². The molecule has 0 aliphatic carbocycles. The van der Waals surface area contributed by atoms with Gasteiger partial charge in [0, 0.05) is 20.6 Å². The molecule has 1 atom stereocenters. The highest BCUT2D eigenvalue weighted by molar-refractivity contribution is 5.87. The van der Waals surface area contributed by atoms with Crippen LogP contribution in [0.4, 0.5) is 4.79 Å². The van der Waals surface area contributed by atoms with E-state index in [1.165, 1.54) is 4.90 Å². The minimum Gasteiger partial charge on any atom is -0.354 e. The molecule has 0 spiro atoms. The number of hydrogen-bond donors (Lipinski definition) is 2. The summed E-state index contributed by atoms with van der Waals surface area (Å²) in [6.45, 7) is 0.719. The zero-order valence-corrected chi connectivity index (χ0v) is 7.96. The molecule has 0 bridgehead atoms. The number of hydrogen-bond acceptors (Lipinski definition) is 2. The van der Waals surface area contributed by atoms with E-state index in [2.05, 4.69) is 10.6 Å². The van der Waals surface area contributed by atoms with Crippen LogP contribution in [0.1, 0.15) is 12.8 Å². The van der Waals surface area contributed by atoms with Crippen LogP contribution in [-0.2, 0) is 4.79 Å². The molecule has 2 N–H and O–H groups in total. The molecule has 0 aromatic carbocycles. The summed E-state index contributed by atoms with van der Waals surface area (Å²) in [4.78, 5) is 24.0. The molecule has 1 heterocycles. The molecule has 0 aromatic rings. The van der Waals surface area contributed by atoms with Crippen LogP contribution in [0.25, 0.3) is 0 Å². The summed E-state index contributed by atoms with van der Waals surface area (Å²) in [6, 6.07) is -0.532. The number of nitrogens with one attached hydrogen (secondary N) is 2. The number of carbonyl (C=O) groups is 2. The Morgan fingerprint density at radius 3 is 2.92 bits per heavy atom. The highest BCUT2D eigenvalue weighted by atomic mass is 16.2. The minimum absolute atomic E-state index is 0.0580. The summed E-state index contributed by atoms with van der Waals surface area (Å²) in [5, 5.41) is 5.22. The number of amides is 3. The topological polar surface area (TPSA) is 61.4 Å². The van der Waals surface area contributed by atoms with Crippen LogP contribution in [0, 0.1) is 0 Å². The first-order valence-electron chi connectivity index (χ1n) is 4.39. The average Bonchev–Trinajstić information content (AvgIpc) is 2.16. The van der Waals surface area contributed by atoms with E-state index in [4.69, 9.17) is 0 Å². The summed E-state index contributed by atoms with van der Waals surface area (Å²) in [5.74, 6) is -0.0580. The van der Waals surface area contributed by atoms with Gasteiger partial charge >= 0.3 is 6.03 Å². The maximum atomic E-state index is 11.3. The van der Waals surface area contributed by atoms with Gasteiger partial charge in [0.1, 0.15) is 6.04 Å². The van der Waals surface area contributed by atoms with Crippen LogP contribution in [0.15, 0.2) is 0 Å². The normalized spacial score (nSPS) is 22.0. The van der Waals surface area contributed by atoms with Crippen molar-refractivity contribution in [2.75, 3.05) is 20.6 Å². The second-order valence-electron chi connectivity index (χ2n) is 3.12. The van der Waals surface area contributed by atoms with Crippen molar-refractivity contribution in [3.63, 3.8) is 0 Å². The Morgan fingerprint density at radius 2 is 2.38 bits per heavy atom. The van der Waals surface area contributed by atoms with Gasteiger partial charge in [0.25, 0.3) is 0 Å². The third kappa shape index (κ3) is 2.11. The van der Waals surface area contributed by atoms with Crippen molar-refractivity contribution >= 4 is 11.9 Å². The lowest BCUT2D eigenvalue weighted by atomic mass is 10.1.